The van der Waals surface area contributed by atoms with Gasteiger partial charge in [0.05, 0.1) is 18.8 Å². The third-order valence-corrected chi connectivity index (χ3v) is 3.72. The van der Waals surface area contributed by atoms with Gasteiger partial charge in [0.15, 0.2) is 18.1 Å². The second-order valence-corrected chi connectivity index (χ2v) is 6.30. The summed E-state index contributed by atoms with van der Waals surface area (Å²) in [7, 11) is 0. The van der Waals surface area contributed by atoms with Crippen molar-refractivity contribution in [3.8, 4) is 11.5 Å². The summed E-state index contributed by atoms with van der Waals surface area (Å²) in [5.41, 5.74) is 0.747. The number of hydrogen-bond acceptors (Lipinski definition) is 6. The van der Waals surface area contributed by atoms with Crippen LogP contribution in [0.1, 0.15) is 37.0 Å². The van der Waals surface area contributed by atoms with E-state index in [1.165, 1.54) is 0 Å². The lowest BCUT2D eigenvalue weighted by atomic mass is 10.2. The fourth-order valence-corrected chi connectivity index (χ4v) is 2.36. The Kier molecular flexibility index (Phi) is 9.18. The summed E-state index contributed by atoms with van der Waals surface area (Å²) in [6.45, 7) is 4.46. The van der Waals surface area contributed by atoms with Crippen molar-refractivity contribution >= 4 is 23.6 Å². The number of nitrogens with one attached hydrogen (secondary N) is 2. The van der Waals surface area contributed by atoms with Gasteiger partial charge in [-0.05, 0) is 37.1 Å². The maximum atomic E-state index is 12.1. The highest BCUT2D eigenvalue weighted by Crippen LogP contribution is 2.30. The molecule has 0 bridgehead atoms. The Hall–Kier alpha value is -3.55. The highest BCUT2D eigenvalue weighted by atomic mass is 16.5. The van der Waals surface area contributed by atoms with Gasteiger partial charge < -0.3 is 19.5 Å². The first kappa shape index (κ1) is 22.7. The molecule has 8 heteroatoms. The van der Waals surface area contributed by atoms with E-state index in [0.717, 1.165) is 12.8 Å². The minimum absolute atomic E-state index is 0.319. The van der Waals surface area contributed by atoms with E-state index < -0.39 is 24.5 Å². The number of carbonyl (C=O) groups is 3. The van der Waals surface area contributed by atoms with Crippen molar-refractivity contribution in [3.63, 3.8) is 0 Å². The molecule has 30 heavy (non-hydrogen) atoms. The van der Waals surface area contributed by atoms with E-state index in [4.69, 9.17) is 14.2 Å². The number of hydrogen-bond donors (Lipinski definition) is 2. The molecule has 0 unspecified atom stereocenters. The van der Waals surface area contributed by atoms with Gasteiger partial charge in [0.2, 0.25) is 0 Å². The largest absolute Gasteiger partial charge is 0.490 e. The number of ether oxygens (including phenoxy) is 3. The molecule has 8 nitrogen and oxygen atoms in total. The summed E-state index contributed by atoms with van der Waals surface area (Å²) in [4.78, 5) is 35.8. The molecule has 3 amide bonds. The van der Waals surface area contributed by atoms with Crippen LogP contribution in [0, 0.1) is 0 Å². The van der Waals surface area contributed by atoms with Crippen molar-refractivity contribution in [2.24, 2.45) is 0 Å². The molecule has 0 aliphatic carbocycles. The molecule has 0 fully saturated rings. The standard InChI is InChI=1S/C22H26N2O6/c1-3-12-28-18-11-10-17(14-19(18)29-13-4-2)23-22(27)24-20(25)15-30-21(26)16-8-6-5-7-9-16/h5-11,14H,3-4,12-13,15H2,1-2H3,(H2,23,24,25,27). The van der Waals surface area contributed by atoms with Crippen LogP contribution < -0.4 is 20.1 Å². The molecule has 2 N–H and O–H groups in total. The van der Waals surface area contributed by atoms with Crippen LogP contribution in [0.4, 0.5) is 10.5 Å². The molecule has 2 aromatic rings. The van der Waals surface area contributed by atoms with Crippen LogP contribution in [-0.4, -0.2) is 37.7 Å². The first-order chi connectivity index (χ1) is 14.5. The van der Waals surface area contributed by atoms with Gasteiger partial charge in [0.25, 0.3) is 5.91 Å². The van der Waals surface area contributed by atoms with Crippen molar-refractivity contribution in [1.29, 1.82) is 0 Å². The zero-order valence-electron chi connectivity index (χ0n) is 17.1. The SMILES string of the molecule is CCCOc1ccc(NC(=O)NC(=O)COC(=O)c2ccccc2)cc1OCCC. The summed E-state index contributed by atoms with van der Waals surface area (Å²) in [6, 6.07) is 12.5. The Labute approximate surface area is 175 Å². The molecule has 0 saturated heterocycles. The molecule has 0 aliphatic heterocycles. The van der Waals surface area contributed by atoms with Crippen LogP contribution in [0.15, 0.2) is 48.5 Å². The predicted molar refractivity (Wildman–Crippen MR) is 112 cm³/mol. The van der Waals surface area contributed by atoms with Crippen molar-refractivity contribution in [1.82, 2.24) is 5.32 Å². The Morgan fingerprint density at radius 2 is 1.53 bits per heavy atom. The fourth-order valence-electron chi connectivity index (χ4n) is 2.36. The third-order valence-electron chi connectivity index (χ3n) is 3.72. The van der Waals surface area contributed by atoms with Crippen LogP contribution in [0.5, 0.6) is 11.5 Å². The molecule has 0 saturated carbocycles. The summed E-state index contributed by atoms with van der Waals surface area (Å²) in [5.74, 6) is -0.306. The lowest BCUT2D eigenvalue weighted by Crippen LogP contribution is -2.37. The van der Waals surface area contributed by atoms with Gasteiger partial charge in [-0.3, -0.25) is 10.1 Å². The minimum atomic E-state index is -0.751. The lowest BCUT2D eigenvalue weighted by Gasteiger charge is -2.14. The van der Waals surface area contributed by atoms with Crippen LogP contribution >= 0.6 is 0 Å². The number of imide groups is 1. The molecule has 0 heterocycles. The first-order valence-corrected chi connectivity index (χ1v) is 9.76. The fraction of sp³-hybridized carbons (Fsp3) is 0.318. The van der Waals surface area contributed by atoms with E-state index in [0.29, 0.717) is 36.0 Å². The topological polar surface area (TPSA) is 103 Å². The van der Waals surface area contributed by atoms with E-state index in [1.54, 1.807) is 48.5 Å². The second-order valence-electron chi connectivity index (χ2n) is 6.30. The van der Waals surface area contributed by atoms with E-state index >= 15 is 0 Å². The maximum absolute atomic E-state index is 12.1. The smallest absolute Gasteiger partial charge is 0.338 e. The van der Waals surface area contributed by atoms with Crippen LogP contribution in [0.2, 0.25) is 0 Å². The Bertz CT molecular complexity index is 854. The summed E-state index contributed by atoms with van der Waals surface area (Å²) in [5, 5.41) is 4.65. The van der Waals surface area contributed by atoms with Crippen molar-refractivity contribution in [3.05, 3.63) is 54.1 Å². The van der Waals surface area contributed by atoms with Crippen molar-refractivity contribution in [2.75, 3.05) is 25.1 Å². The predicted octanol–water partition coefficient (Wildman–Crippen LogP) is 3.77. The van der Waals surface area contributed by atoms with Crippen LogP contribution in [-0.2, 0) is 9.53 Å². The molecular formula is C22H26N2O6. The molecule has 0 atom stereocenters. The van der Waals surface area contributed by atoms with Gasteiger partial charge in [-0.2, -0.15) is 0 Å². The van der Waals surface area contributed by atoms with Crippen LogP contribution in [0.3, 0.4) is 0 Å². The van der Waals surface area contributed by atoms with Crippen molar-refractivity contribution < 1.29 is 28.6 Å². The Morgan fingerprint density at radius 1 is 0.867 bits per heavy atom. The molecule has 0 radical (unpaired) electrons. The number of rotatable bonds is 10. The van der Waals surface area contributed by atoms with E-state index in [-0.39, 0.29) is 0 Å². The molecular weight excluding hydrogens is 388 g/mol. The molecule has 0 aliphatic rings. The maximum Gasteiger partial charge on any atom is 0.338 e. The molecule has 2 aromatic carbocycles. The first-order valence-electron chi connectivity index (χ1n) is 9.76. The highest BCUT2D eigenvalue weighted by Gasteiger charge is 2.13. The van der Waals surface area contributed by atoms with E-state index in [9.17, 15) is 14.4 Å². The van der Waals surface area contributed by atoms with Gasteiger partial charge in [0.1, 0.15) is 0 Å². The second kappa shape index (κ2) is 12.1. The minimum Gasteiger partial charge on any atom is -0.490 e. The highest BCUT2D eigenvalue weighted by molar-refractivity contribution is 6.02. The number of esters is 1. The normalized spacial score (nSPS) is 10.1. The Balaban J connectivity index is 1.88. The molecule has 0 spiro atoms. The van der Waals surface area contributed by atoms with Gasteiger partial charge in [-0.1, -0.05) is 32.0 Å². The summed E-state index contributed by atoms with van der Waals surface area (Å²) < 4.78 is 16.2. The third kappa shape index (κ3) is 7.46. The quantitative estimate of drug-likeness (QED) is 0.574. The van der Waals surface area contributed by atoms with Gasteiger partial charge in [-0.25, -0.2) is 9.59 Å². The average molecular weight is 414 g/mol. The van der Waals surface area contributed by atoms with Crippen LogP contribution in [0.25, 0.3) is 0 Å². The molecule has 160 valence electrons. The van der Waals surface area contributed by atoms with Crippen molar-refractivity contribution in [2.45, 2.75) is 26.7 Å². The number of urea groups is 1. The summed E-state index contributed by atoms with van der Waals surface area (Å²) >= 11 is 0. The Morgan fingerprint density at radius 3 is 2.20 bits per heavy atom. The number of benzene rings is 2. The number of anilines is 1. The zero-order chi connectivity index (χ0) is 21.8. The molecule has 2 rings (SSSR count). The van der Waals surface area contributed by atoms with Gasteiger partial charge in [0, 0.05) is 11.8 Å². The number of amides is 3. The molecule has 0 aromatic heterocycles. The van der Waals surface area contributed by atoms with Gasteiger partial charge in [-0.15, -0.1) is 0 Å². The monoisotopic (exact) mass is 414 g/mol. The zero-order valence-corrected chi connectivity index (χ0v) is 17.1. The summed E-state index contributed by atoms with van der Waals surface area (Å²) in [6.07, 6.45) is 1.67. The number of carbonyl (C=O) groups excluding carboxylic acids is 3. The lowest BCUT2D eigenvalue weighted by molar-refractivity contribution is -0.123. The van der Waals surface area contributed by atoms with E-state index in [2.05, 4.69) is 10.6 Å². The van der Waals surface area contributed by atoms with Gasteiger partial charge >= 0.3 is 12.0 Å². The van der Waals surface area contributed by atoms with E-state index in [1.807, 2.05) is 13.8 Å². The average Bonchev–Trinajstić information content (AvgIpc) is 2.75.